The number of hydrogen-bond donors (Lipinski definition) is 0. The van der Waals surface area contributed by atoms with E-state index in [1.54, 1.807) is 0 Å². The van der Waals surface area contributed by atoms with Crippen LogP contribution >= 0.6 is 11.3 Å². The maximum Gasteiger partial charge on any atom is 0.0561 e. The van der Waals surface area contributed by atoms with E-state index < -0.39 is 0 Å². The van der Waals surface area contributed by atoms with Crippen LogP contribution in [-0.2, 0) is 0 Å². The third kappa shape index (κ3) is 5.57. The average Bonchev–Trinajstić information content (AvgIpc) is 3.85. The summed E-state index contributed by atoms with van der Waals surface area (Å²) in [5, 5.41) is 10.1. The third-order valence-corrected chi connectivity index (χ3v) is 13.0. The van der Waals surface area contributed by atoms with Crippen LogP contribution in [0.3, 0.4) is 0 Å². The number of fused-ring (bicyclic) bond motifs is 9. The summed E-state index contributed by atoms with van der Waals surface area (Å²) in [6.07, 6.45) is 0. The lowest BCUT2D eigenvalue weighted by molar-refractivity contribution is 1.18. The zero-order chi connectivity index (χ0) is 39.6. The first-order valence-corrected chi connectivity index (χ1v) is 21.2. The van der Waals surface area contributed by atoms with E-state index in [0.717, 1.165) is 39.8 Å². The molecule has 0 unspecified atom stereocenters. The molecule has 282 valence electrons. The van der Waals surface area contributed by atoms with Gasteiger partial charge in [0.25, 0.3) is 0 Å². The molecule has 2 aromatic heterocycles. The Labute approximate surface area is 351 Å². The minimum atomic E-state index is 1.08. The SMILES string of the molecule is c1ccc(N(c2ccc(N(c3ccccc3)c3cc4cc5sc6ccccc6c5cc4c4ccccc34)cc2)c2ccc3c4ccccc4n(-c4ccccc4)c3c2)cc1. The fourth-order valence-electron chi connectivity index (χ4n) is 9.22. The molecule has 0 bridgehead atoms. The maximum atomic E-state index is 2.41. The van der Waals surface area contributed by atoms with E-state index in [0.29, 0.717) is 0 Å². The van der Waals surface area contributed by atoms with Gasteiger partial charge >= 0.3 is 0 Å². The number of rotatable bonds is 7. The van der Waals surface area contributed by atoms with Crippen LogP contribution in [0.1, 0.15) is 0 Å². The molecule has 0 saturated carbocycles. The Morgan fingerprint density at radius 2 is 0.833 bits per heavy atom. The van der Waals surface area contributed by atoms with Crippen molar-refractivity contribution in [2.45, 2.75) is 0 Å². The van der Waals surface area contributed by atoms with Crippen LogP contribution in [0.25, 0.3) is 69.2 Å². The van der Waals surface area contributed by atoms with Crippen molar-refractivity contribution in [1.82, 2.24) is 4.57 Å². The van der Waals surface area contributed by atoms with Crippen molar-refractivity contribution in [1.29, 1.82) is 0 Å². The van der Waals surface area contributed by atoms with Gasteiger partial charge in [0.2, 0.25) is 0 Å². The lowest BCUT2D eigenvalue weighted by Crippen LogP contribution is -2.12. The molecule has 0 aliphatic rings. The normalized spacial score (nSPS) is 11.7. The van der Waals surface area contributed by atoms with Gasteiger partial charge in [-0.25, -0.2) is 0 Å². The molecule has 0 saturated heterocycles. The molecular formula is C56H37N3S. The smallest absolute Gasteiger partial charge is 0.0561 e. The average molecular weight is 784 g/mol. The van der Waals surface area contributed by atoms with E-state index in [1.165, 1.54) is 63.5 Å². The van der Waals surface area contributed by atoms with Gasteiger partial charge in [0.05, 0.1) is 16.7 Å². The maximum absolute atomic E-state index is 2.41. The molecule has 4 heteroatoms. The highest BCUT2D eigenvalue weighted by atomic mass is 32.1. The Morgan fingerprint density at radius 3 is 1.57 bits per heavy atom. The second kappa shape index (κ2) is 14.0. The second-order valence-corrected chi connectivity index (χ2v) is 16.4. The van der Waals surface area contributed by atoms with Crippen LogP contribution in [-0.4, -0.2) is 4.57 Å². The minimum Gasteiger partial charge on any atom is -0.310 e. The number of thiophene rings is 1. The summed E-state index contributed by atoms with van der Waals surface area (Å²) in [6.45, 7) is 0. The number of benzene rings is 10. The molecule has 3 nitrogen and oxygen atoms in total. The number of aromatic nitrogens is 1. The second-order valence-electron chi connectivity index (χ2n) is 15.4. The molecule has 0 radical (unpaired) electrons. The topological polar surface area (TPSA) is 11.4 Å². The van der Waals surface area contributed by atoms with E-state index in [2.05, 4.69) is 239 Å². The van der Waals surface area contributed by atoms with Crippen molar-refractivity contribution in [3.05, 3.63) is 224 Å². The Hall–Kier alpha value is -7.66. The van der Waals surface area contributed by atoms with Crippen molar-refractivity contribution in [3.8, 4) is 5.69 Å². The predicted octanol–water partition coefficient (Wildman–Crippen LogP) is 16.4. The minimum absolute atomic E-state index is 1.08. The Bertz CT molecular complexity index is 3540. The fraction of sp³-hybridized carbons (Fsp3) is 0. The van der Waals surface area contributed by atoms with Crippen molar-refractivity contribution >= 4 is 109 Å². The molecule has 12 rings (SSSR count). The quantitative estimate of drug-likeness (QED) is 0.149. The van der Waals surface area contributed by atoms with Crippen LogP contribution in [0.4, 0.5) is 34.1 Å². The first-order chi connectivity index (χ1) is 29.8. The summed E-state index contributed by atoms with van der Waals surface area (Å²) in [5.74, 6) is 0. The van der Waals surface area contributed by atoms with E-state index >= 15 is 0 Å². The molecule has 0 amide bonds. The highest BCUT2D eigenvalue weighted by molar-refractivity contribution is 7.25. The molecule has 0 aliphatic heterocycles. The van der Waals surface area contributed by atoms with Gasteiger partial charge in [0.15, 0.2) is 0 Å². The third-order valence-electron chi connectivity index (χ3n) is 11.9. The van der Waals surface area contributed by atoms with Crippen molar-refractivity contribution in [3.63, 3.8) is 0 Å². The van der Waals surface area contributed by atoms with Crippen LogP contribution in [0.15, 0.2) is 224 Å². The van der Waals surface area contributed by atoms with Crippen LogP contribution in [0, 0.1) is 0 Å². The fourth-order valence-corrected chi connectivity index (χ4v) is 10.4. The largest absolute Gasteiger partial charge is 0.310 e. The summed E-state index contributed by atoms with van der Waals surface area (Å²) in [6, 6.07) is 81.6. The highest BCUT2D eigenvalue weighted by Gasteiger charge is 2.21. The van der Waals surface area contributed by atoms with Gasteiger partial charge in [-0.3, -0.25) is 0 Å². The lowest BCUT2D eigenvalue weighted by Gasteiger charge is -2.29. The highest BCUT2D eigenvalue weighted by Crippen LogP contribution is 2.46. The summed E-state index contributed by atoms with van der Waals surface area (Å²) < 4.78 is 5.02. The summed E-state index contributed by atoms with van der Waals surface area (Å²) in [4.78, 5) is 4.78. The van der Waals surface area contributed by atoms with E-state index in [4.69, 9.17) is 0 Å². The monoisotopic (exact) mass is 783 g/mol. The molecule has 12 aromatic rings. The number of hydrogen-bond acceptors (Lipinski definition) is 3. The first-order valence-electron chi connectivity index (χ1n) is 20.4. The van der Waals surface area contributed by atoms with Gasteiger partial charge in [-0.1, -0.05) is 121 Å². The molecule has 2 heterocycles. The number of nitrogens with zero attached hydrogens (tertiary/aromatic N) is 3. The molecule has 0 N–H and O–H groups in total. The van der Waals surface area contributed by atoms with Gasteiger partial charge < -0.3 is 14.4 Å². The van der Waals surface area contributed by atoms with Gasteiger partial charge in [-0.15, -0.1) is 11.3 Å². The molecule has 60 heavy (non-hydrogen) atoms. The van der Waals surface area contributed by atoms with Crippen molar-refractivity contribution < 1.29 is 0 Å². The number of anilines is 6. The van der Waals surface area contributed by atoms with Gasteiger partial charge in [0, 0.05) is 70.5 Å². The summed E-state index contributed by atoms with van der Waals surface area (Å²) >= 11 is 1.87. The Morgan fingerprint density at radius 1 is 0.300 bits per heavy atom. The zero-order valence-electron chi connectivity index (χ0n) is 32.6. The number of para-hydroxylation sites is 4. The molecule has 10 aromatic carbocycles. The van der Waals surface area contributed by atoms with Gasteiger partial charge in [0.1, 0.15) is 0 Å². The molecule has 0 fully saturated rings. The molecular weight excluding hydrogens is 747 g/mol. The van der Waals surface area contributed by atoms with E-state index in [1.807, 2.05) is 11.3 Å². The molecule has 0 aliphatic carbocycles. The molecule has 0 atom stereocenters. The molecule has 0 spiro atoms. The summed E-state index contributed by atoms with van der Waals surface area (Å²) in [7, 11) is 0. The van der Waals surface area contributed by atoms with Crippen LogP contribution in [0.2, 0.25) is 0 Å². The Kier molecular flexibility index (Phi) is 8.03. The Balaban J connectivity index is 1.03. The van der Waals surface area contributed by atoms with E-state index in [-0.39, 0.29) is 0 Å². The van der Waals surface area contributed by atoms with Crippen LogP contribution in [0.5, 0.6) is 0 Å². The zero-order valence-corrected chi connectivity index (χ0v) is 33.4. The lowest BCUT2D eigenvalue weighted by atomic mass is 9.97. The van der Waals surface area contributed by atoms with Crippen LogP contribution < -0.4 is 9.80 Å². The summed E-state index contributed by atoms with van der Waals surface area (Å²) in [5.41, 5.74) is 10.1. The standard InChI is InChI=1S/C56H37N3S/c1-4-16-39(17-5-1)57(44-32-33-48-47-24-12-14-26-52(47)59(54(48)36-44)41-20-8-3-9-21-41)42-28-30-43(31-29-42)58(40-18-6-2-7-19-40)53-34-38-35-56-51(49-25-13-15-27-55(49)60-56)37-50(38)45-22-10-11-23-46(45)53/h1-37H. The first kappa shape index (κ1) is 34.4. The van der Waals surface area contributed by atoms with E-state index in [9.17, 15) is 0 Å². The van der Waals surface area contributed by atoms with Gasteiger partial charge in [-0.05, 0) is 119 Å². The predicted molar refractivity (Wildman–Crippen MR) is 258 cm³/mol. The van der Waals surface area contributed by atoms with Gasteiger partial charge in [-0.2, -0.15) is 0 Å². The van der Waals surface area contributed by atoms with Crippen molar-refractivity contribution in [2.75, 3.05) is 9.80 Å². The van der Waals surface area contributed by atoms with Crippen molar-refractivity contribution in [2.24, 2.45) is 0 Å².